The van der Waals surface area contributed by atoms with E-state index in [1.54, 1.807) is 31.4 Å². The van der Waals surface area contributed by atoms with E-state index in [0.717, 1.165) is 17.7 Å². The molecule has 1 aliphatic rings. The first-order chi connectivity index (χ1) is 12.5. The van der Waals surface area contributed by atoms with Gasteiger partial charge in [-0.15, -0.1) is 0 Å². The molecule has 1 heterocycles. The second-order valence-electron chi connectivity index (χ2n) is 6.51. The van der Waals surface area contributed by atoms with E-state index in [1.807, 2.05) is 30.0 Å². The summed E-state index contributed by atoms with van der Waals surface area (Å²) in [7, 11) is 1.65. The third-order valence-electron chi connectivity index (χ3n) is 4.94. The van der Waals surface area contributed by atoms with Crippen LogP contribution in [-0.2, 0) is 11.2 Å². The van der Waals surface area contributed by atoms with Crippen LogP contribution < -0.4 is 4.74 Å². The number of rotatable bonds is 5. The van der Waals surface area contributed by atoms with Crippen LogP contribution in [0.4, 0.5) is 0 Å². The summed E-state index contributed by atoms with van der Waals surface area (Å²) >= 11 is 5.84. The number of carbonyl (C=O) groups excluding carboxylic acids is 2. The minimum atomic E-state index is -0.0372. The number of halogens is 1. The molecule has 0 spiro atoms. The van der Waals surface area contributed by atoms with Gasteiger partial charge in [-0.1, -0.05) is 17.7 Å². The number of nitrogens with zero attached hydrogens (tertiary/aromatic N) is 1. The first kappa shape index (κ1) is 18.5. The fourth-order valence-corrected chi connectivity index (χ4v) is 3.55. The highest BCUT2D eigenvalue weighted by Crippen LogP contribution is 2.32. The third-order valence-corrected chi connectivity index (χ3v) is 5.19. The predicted molar refractivity (Wildman–Crippen MR) is 102 cm³/mol. The smallest absolute Gasteiger partial charge is 0.223 e. The second kappa shape index (κ2) is 7.92. The number of methoxy groups -OCH3 is 1. The summed E-state index contributed by atoms with van der Waals surface area (Å²) in [5, 5.41) is 0.593. The van der Waals surface area contributed by atoms with Gasteiger partial charge in [0.05, 0.1) is 13.2 Å². The Morgan fingerprint density at radius 1 is 1.15 bits per heavy atom. The summed E-state index contributed by atoms with van der Waals surface area (Å²) in [6, 6.07) is 12.8. The maximum atomic E-state index is 12.7. The van der Waals surface area contributed by atoms with Crippen molar-refractivity contribution >= 4 is 23.3 Å². The molecule has 0 radical (unpaired) electrons. The van der Waals surface area contributed by atoms with Gasteiger partial charge in [-0.05, 0) is 60.9 Å². The van der Waals surface area contributed by atoms with Crippen molar-refractivity contribution in [1.29, 1.82) is 0 Å². The Kier molecular flexibility index (Phi) is 5.62. The molecule has 2 aromatic rings. The number of carbonyl (C=O) groups is 2. The monoisotopic (exact) mass is 371 g/mol. The van der Waals surface area contributed by atoms with E-state index < -0.39 is 0 Å². The number of ketones is 1. The van der Waals surface area contributed by atoms with E-state index in [2.05, 4.69) is 0 Å². The Bertz CT molecular complexity index is 817. The molecule has 5 heteroatoms. The molecule has 26 heavy (non-hydrogen) atoms. The standard InChI is InChI=1S/C21H22ClNO3/c1-14-19-8-7-18(26-2)13-16(19)11-12-23(14)21(25)10-9-20(24)15-3-5-17(22)6-4-15/h3-8,13-14H,9-12H2,1-2H3. The van der Waals surface area contributed by atoms with Gasteiger partial charge in [-0.25, -0.2) is 0 Å². The molecule has 1 unspecified atom stereocenters. The van der Waals surface area contributed by atoms with E-state index in [-0.39, 0.29) is 30.6 Å². The molecule has 0 saturated carbocycles. The highest BCUT2D eigenvalue weighted by molar-refractivity contribution is 6.30. The minimum absolute atomic E-state index is 0.00258. The number of hydrogen-bond acceptors (Lipinski definition) is 3. The summed E-state index contributed by atoms with van der Waals surface area (Å²) < 4.78 is 5.28. The average molecular weight is 372 g/mol. The van der Waals surface area contributed by atoms with Crippen molar-refractivity contribution in [3.8, 4) is 5.75 Å². The Morgan fingerprint density at radius 2 is 1.88 bits per heavy atom. The fourth-order valence-electron chi connectivity index (χ4n) is 3.42. The van der Waals surface area contributed by atoms with Crippen molar-refractivity contribution in [2.45, 2.75) is 32.2 Å². The van der Waals surface area contributed by atoms with Gasteiger partial charge in [0.15, 0.2) is 5.78 Å². The molecule has 0 aromatic heterocycles. The van der Waals surface area contributed by atoms with Crippen LogP contribution in [-0.4, -0.2) is 30.2 Å². The summed E-state index contributed by atoms with van der Waals surface area (Å²) in [5.41, 5.74) is 2.96. The number of Topliss-reactive ketones (excluding diaryl/α,β-unsaturated/α-hetero) is 1. The van der Waals surface area contributed by atoms with Crippen LogP contribution in [0.2, 0.25) is 5.02 Å². The van der Waals surface area contributed by atoms with Gasteiger partial charge in [-0.3, -0.25) is 9.59 Å². The highest BCUT2D eigenvalue weighted by atomic mass is 35.5. The molecule has 3 rings (SSSR count). The summed E-state index contributed by atoms with van der Waals surface area (Å²) in [5.74, 6) is 0.815. The van der Waals surface area contributed by atoms with E-state index in [0.29, 0.717) is 17.1 Å². The third kappa shape index (κ3) is 3.91. The fraction of sp³-hybridized carbons (Fsp3) is 0.333. The van der Waals surface area contributed by atoms with E-state index in [4.69, 9.17) is 16.3 Å². The Hall–Kier alpha value is -2.33. The van der Waals surface area contributed by atoms with Crippen LogP contribution in [0.5, 0.6) is 5.75 Å². The van der Waals surface area contributed by atoms with Crippen molar-refractivity contribution in [1.82, 2.24) is 4.90 Å². The van der Waals surface area contributed by atoms with Crippen molar-refractivity contribution in [3.05, 3.63) is 64.2 Å². The highest BCUT2D eigenvalue weighted by Gasteiger charge is 2.27. The summed E-state index contributed by atoms with van der Waals surface area (Å²) in [4.78, 5) is 26.8. The van der Waals surface area contributed by atoms with Gasteiger partial charge in [0, 0.05) is 30.0 Å². The summed E-state index contributed by atoms with van der Waals surface area (Å²) in [6.45, 7) is 2.69. The molecule has 0 saturated heterocycles. The molecule has 2 aromatic carbocycles. The first-order valence-electron chi connectivity index (χ1n) is 8.74. The normalized spacial score (nSPS) is 16.1. The Balaban J connectivity index is 1.63. The lowest BCUT2D eigenvalue weighted by Crippen LogP contribution is -2.38. The average Bonchev–Trinajstić information content (AvgIpc) is 2.66. The molecule has 0 N–H and O–H groups in total. The zero-order chi connectivity index (χ0) is 18.7. The van der Waals surface area contributed by atoms with Gasteiger partial charge in [0.2, 0.25) is 5.91 Å². The molecule has 0 aliphatic carbocycles. The molecule has 0 bridgehead atoms. The number of amides is 1. The van der Waals surface area contributed by atoms with Crippen LogP contribution in [0.3, 0.4) is 0 Å². The van der Waals surface area contributed by atoms with Crippen LogP contribution >= 0.6 is 11.6 Å². The maximum Gasteiger partial charge on any atom is 0.223 e. The SMILES string of the molecule is COc1ccc2c(c1)CCN(C(=O)CCC(=O)c1ccc(Cl)cc1)C2C. The Labute approximate surface area is 158 Å². The van der Waals surface area contributed by atoms with Crippen molar-refractivity contribution in [2.24, 2.45) is 0 Å². The molecule has 136 valence electrons. The van der Waals surface area contributed by atoms with Crippen molar-refractivity contribution in [3.63, 3.8) is 0 Å². The van der Waals surface area contributed by atoms with E-state index >= 15 is 0 Å². The largest absolute Gasteiger partial charge is 0.497 e. The molecular weight excluding hydrogens is 350 g/mol. The lowest BCUT2D eigenvalue weighted by molar-refractivity contribution is -0.133. The second-order valence-corrected chi connectivity index (χ2v) is 6.94. The van der Waals surface area contributed by atoms with Gasteiger partial charge in [0.25, 0.3) is 0 Å². The van der Waals surface area contributed by atoms with Crippen molar-refractivity contribution < 1.29 is 14.3 Å². The van der Waals surface area contributed by atoms with Gasteiger partial charge >= 0.3 is 0 Å². The van der Waals surface area contributed by atoms with E-state index in [9.17, 15) is 9.59 Å². The quantitative estimate of drug-likeness (QED) is 0.729. The van der Waals surface area contributed by atoms with Crippen molar-refractivity contribution in [2.75, 3.05) is 13.7 Å². The molecular formula is C21H22ClNO3. The molecule has 1 aliphatic heterocycles. The Morgan fingerprint density at radius 3 is 2.58 bits per heavy atom. The first-order valence-corrected chi connectivity index (χ1v) is 9.12. The zero-order valence-electron chi connectivity index (χ0n) is 15.0. The van der Waals surface area contributed by atoms with Crippen LogP contribution in [0, 0.1) is 0 Å². The molecule has 1 atom stereocenters. The molecule has 4 nitrogen and oxygen atoms in total. The van der Waals surface area contributed by atoms with Crippen LogP contribution in [0.15, 0.2) is 42.5 Å². The summed E-state index contributed by atoms with van der Waals surface area (Å²) in [6.07, 6.45) is 1.23. The minimum Gasteiger partial charge on any atom is -0.497 e. The number of fused-ring (bicyclic) bond motifs is 1. The van der Waals surface area contributed by atoms with Crippen LogP contribution in [0.25, 0.3) is 0 Å². The number of hydrogen-bond donors (Lipinski definition) is 0. The number of ether oxygens (including phenoxy) is 1. The zero-order valence-corrected chi connectivity index (χ0v) is 15.8. The molecule has 0 fully saturated rings. The van der Waals surface area contributed by atoms with E-state index in [1.165, 1.54) is 5.56 Å². The van der Waals surface area contributed by atoms with Gasteiger partial charge < -0.3 is 9.64 Å². The lowest BCUT2D eigenvalue weighted by Gasteiger charge is -2.35. The maximum absolute atomic E-state index is 12.7. The van der Waals surface area contributed by atoms with Gasteiger partial charge in [-0.2, -0.15) is 0 Å². The topological polar surface area (TPSA) is 46.6 Å². The molecule has 1 amide bonds. The lowest BCUT2D eigenvalue weighted by atomic mass is 9.93. The van der Waals surface area contributed by atoms with Gasteiger partial charge in [0.1, 0.15) is 5.75 Å². The number of benzene rings is 2. The van der Waals surface area contributed by atoms with Crippen LogP contribution in [0.1, 0.15) is 47.3 Å². The predicted octanol–water partition coefficient (Wildman–Crippen LogP) is 4.46.